The second-order valence-corrected chi connectivity index (χ2v) is 4.66. The molecular weight excluding hydrogens is 332 g/mol. The van der Waals surface area contributed by atoms with E-state index in [1.165, 1.54) is 6.07 Å². The van der Waals surface area contributed by atoms with Gasteiger partial charge >= 0.3 is 6.61 Å². The number of nitrogens with zero attached hydrogens (tertiary/aromatic N) is 2. The topological polar surface area (TPSA) is 47.0 Å². The molecule has 0 saturated heterocycles. The summed E-state index contributed by atoms with van der Waals surface area (Å²) in [7, 11) is 0. The Morgan fingerprint density at radius 1 is 1.30 bits per heavy atom. The third-order valence-electron chi connectivity index (χ3n) is 2.42. The van der Waals surface area contributed by atoms with Gasteiger partial charge in [0.1, 0.15) is 22.0 Å². The van der Waals surface area contributed by atoms with E-state index in [0.29, 0.717) is 28.4 Å². The van der Waals surface area contributed by atoms with Gasteiger partial charge in [0, 0.05) is 12.5 Å². The molecule has 0 aliphatic carbocycles. The molecule has 0 bridgehead atoms. The van der Waals surface area contributed by atoms with Crippen molar-refractivity contribution in [1.82, 2.24) is 9.97 Å². The Balaban J connectivity index is 2.27. The second-order valence-electron chi connectivity index (χ2n) is 3.85. The first kappa shape index (κ1) is 14.6. The summed E-state index contributed by atoms with van der Waals surface area (Å²) in [4.78, 5) is 8.45. The minimum Gasteiger partial charge on any atom is -0.433 e. The zero-order chi connectivity index (χ0) is 14.5. The number of benzene rings is 1. The minimum atomic E-state index is -2.87. The summed E-state index contributed by atoms with van der Waals surface area (Å²) in [5.41, 5.74) is 0.417. The van der Waals surface area contributed by atoms with E-state index in [1.54, 1.807) is 24.3 Å². The number of ether oxygens (including phenoxy) is 1. The number of rotatable bonds is 5. The van der Waals surface area contributed by atoms with Crippen LogP contribution in [0.25, 0.3) is 0 Å². The number of hydrogen-bond donors (Lipinski definition) is 1. The molecule has 2 rings (SSSR count). The van der Waals surface area contributed by atoms with Crippen molar-refractivity contribution in [2.24, 2.45) is 0 Å². The van der Waals surface area contributed by atoms with Gasteiger partial charge in [0.15, 0.2) is 0 Å². The average molecular weight is 344 g/mol. The van der Waals surface area contributed by atoms with Crippen LogP contribution in [-0.2, 0) is 6.42 Å². The molecule has 7 heteroatoms. The number of nitrogens with one attached hydrogen (secondary N) is 1. The summed E-state index contributed by atoms with van der Waals surface area (Å²) in [6.45, 7) is -0.944. The van der Waals surface area contributed by atoms with E-state index in [1.807, 2.05) is 6.92 Å². The lowest BCUT2D eigenvalue weighted by Crippen LogP contribution is -2.05. The van der Waals surface area contributed by atoms with Crippen molar-refractivity contribution >= 4 is 27.4 Å². The molecule has 0 amide bonds. The van der Waals surface area contributed by atoms with Gasteiger partial charge in [0.2, 0.25) is 0 Å². The zero-order valence-corrected chi connectivity index (χ0v) is 12.2. The third-order valence-corrected chi connectivity index (χ3v) is 2.83. The van der Waals surface area contributed by atoms with Gasteiger partial charge in [-0.05, 0) is 28.1 Å². The Labute approximate surface area is 123 Å². The van der Waals surface area contributed by atoms with E-state index in [0.717, 1.165) is 0 Å². The average Bonchev–Trinajstić information content (AvgIpc) is 2.39. The third kappa shape index (κ3) is 3.86. The van der Waals surface area contributed by atoms with Crippen LogP contribution >= 0.6 is 15.9 Å². The highest BCUT2D eigenvalue weighted by atomic mass is 79.9. The predicted octanol–water partition coefficient (Wildman–Crippen LogP) is 4.15. The van der Waals surface area contributed by atoms with Gasteiger partial charge in [0.05, 0.1) is 5.69 Å². The summed E-state index contributed by atoms with van der Waals surface area (Å²) in [5.74, 6) is 1.22. The van der Waals surface area contributed by atoms with Gasteiger partial charge in [0.25, 0.3) is 0 Å². The van der Waals surface area contributed by atoms with Crippen LogP contribution in [0.3, 0.4) is 0 Å². The fourth-order valence-corrected chi connectivity index (χ4v) is 2.01. The SMILES string of the molecule is CCc1nc(Br)cc(Nc2ccccc2OC(F)F)n1. The van der Waals surface area contributed by atoms with Crippen LogP contribution in [0.5, 0.6) is 5.75 Å². The lowest BCUT2D eigenvalue weighted by molar-refractivity contribution is -0.0493. The van der Waals surface area contributed by atoms with Crippen molar-refractivity contribution in [3.63, 3.8) is 0 Å². The lowest BCUT2D eigenvalue weighted by Gasteiger charge is -2.12. The molecule has 106 valence electrons. The molecule has 0 atom stereocenters. The highest BCUT2D eigenvalue weighted by Crippen LogP contribution is 2.28. The first-order valence-corrected chi connectivity index (χ1v) is 6.72. The molecule has 0 radical (unpaired) electrons. The minimum absolute atomic E-state index is 0.0651. The number of para-hydroxylation sites is 2. The molecule has 0 saturated carbocycles. The Kier molecular flexibility index (Phi) is 4.84. The molecule has 0 aliphatic heterocycles. The molecule has 4 nitrogen and oxygen atoms in total. The lowest BCUT2D eigenvalue weighted by atomic mass is 10.3. The maximum absolute atomic E-state index is 12.3. The van der Waals surface area contributed by atoms with Crippen LogP contribution in [0.4, 0.5) is 20.3 Å². The number of aromatic nitrogens is 2. The van der Waals surface area contributed by atoms with E-state index in [4.69, 9.17) is 0 Å². The predicted molar refractivity (Wildman–Crippen MR) is 75.5 cm³/mol. The van der Waals surface area contributed by atoms with E-state index in [-0.39, 0.29) is 5.75 Å². The summed E-state index contributed by atoms with van der Waals surface area (Å²) in [6, 6.07) is 8.11. The Morgan fingerprint density at radius 2 is 2.05 bits per heavy atom. The van der Waals surface area contributed by atoms with Crippen LogP contribution in [0.2, 0.25) is 0 Å². The molecule has 0 fully saturated rings. The quantitative estimate of drug-likeness (QED) is 0.828. The Bertz CT molecular complexity index is 596. The zero-order valence-electron chi connectivity index (χ0n) is 10.6. The van der Waals surface area contributed by atoms with Crippen LogP contribution in [-0.4, -0.2) is 16.6 Å². The standard InChI is InChI=1S/C13H12BrF2N3O/c1-2-11-18-10(14)7-12(19-11)17-8-5-3-4-6-9(8)20-13(15)16/h3-7,13H,2H2,1H3,(H,17,18,19). The normalized spacial score (nSPS) is 10.7. The molecule has 20 heavy (non-hydrogen) atoms. The summed E-state index contributed by atoms with van der Waals surface area (Å²) >= 11 is 3.28. The van der Waals surface area contributed by atoms with Gasteiger partial charge < -0.3 is 10.1 Å². The van der Waals surface area contributed by atoms with Crippen molar-refractivity contribution in [1.29, 1.82) is 0 Å². The van der Waals surface area contributed by atoms with Crippen LogP contribution in [0.1, 0.15) is 12.7 Å². The fraction of sp³-hybridized carbons (Fsp3) is 0.231. The Hall–Kier alpha value is -1.76. The van der Waals surface area contributed by atoms with Gasteiger partial charge in [-0.3, -0.25) is 0 Å². The highest BCUT2D eigenvalue weighted by molar-refractivity contribution is 9.10. The maximum atomic E-state index is 12.3. The molecule has 0 aliphatic rings. The molecule has 1 aromatic carbocycles. The van der Waals surface area contributed by atoms with Gasteiger partial charge in [-0.2, -0.15) is 8.78 Å². The maximum Gasteiger partial charge on any atom is 0.387 e. The molecule has 2 aromatic rings. The summed E-state index contributed by atoms with van der Waals surface area (Å²) < 4.78 is 29.8. The van der Waals surface area contributed by atoms with E-state index >= 15 is 0 Å². The van der Waals surface area contributed by atoms with Crippen LogP contribution in [0.15, 0.2) is 34.9 Å². The smallest absolute Gasteiger partial charge is 0.387 e. The first-order valence-electron chi connectivity index (χ1n) is 5.93. The van der Waals surface area contributed by atoms with Crippen molar-refractivity contribution in [2.75, 3.05) is 5.32 Å². The number of halogens is 3. The fourth-order valence-electron chi connectivity index (χ4n) is 1.59. The monoisotopic (exact) mass is 343 g/mol. The molecule has 0 spiro atoms. The Morgan fingerprint density at radius 3 is 2.75 bits per heavy atom. The summed E-state index contributed by atoms with van der Waals surface area (Å²) in [5, 5.41) is 2.95. The van der Waals surface area contributed by atoms with Gasteiger partial charge in [-0.25, -0.2) is 9.97 Å². The second kappa shape index (κ2) is 6.60. The molecule has 1 heterocycles. The molecule has 1 N–H and O–H groups in total. The summed E-state index contributed by atoms with van der Waals surface area (Å²) in [6.07, 6.45) is 0.670. The number of aryl methyl sites for hydroxylation is 1. The van der Waals surface area contributed by atoms with Crippen LogP contribution in [0, 0.1) is 0 Å². The van der Waals surface area contributed by atoms with Gasteiger partial charge in [-0.1, -0.05) is 19.1 Å². The number of alkyl halides is 2. The molecule has 1 aromatic heterocycles. The molecule has 0 unspecified atom stereocenters. The largest absolute Gasteiger partial charge is 0.433 e. The number of anilines is 2. The number of hydrogen-bond acceptors (Lipinski definition) is 4. The van der Waals surface area contributed by atoms with Crippen LogP contribution < -0.4 is 10.1 Å². The van der Waals surface area contributed by atoms with Crippen molar-refractivity contribution in [3.8, 4) is 5.75 Å². The molecular formula is C13H12BrF2N3O. The van der Waals surface area contributed by atoms with Gasteiger partial charge in [-0.15, -0.1) is 0 Å². The highest BCUT2D eigenvalue weighted by Gasteiger charge is 2.10. The van der Waals surface area contributed by atoms with Crippen molar-refractivity contribution < 1.29 is 13.5 Å². The van der Waals surface area contributed by atoms with E-state index in [2.05, 4.69) is 36.0 Å². The van der Waals surface area contributed by atoms with Crippen molar-refractivity contribution in [2.45, 2.75) is 20.0 Å². The first-order chi connectivity index (χ1) is 9.58. The van der Waals surface area contributed by atoms with Crippen molar-refractivity contribution in [3.05, 3.63) is 40.8 Å². The van der Waals surface area contributed by atoms with E-state index in [9.17, 15) is 8.78 Å². The van der Waals surface area contributed by atoms with E-state index < -0.39 is 6.61 Å².